The van der Waals surface area contributed by atoms with E-state index in [0.29, 0.717) is 5.69 Å². The van der Waals surface area contributed by atoms with Gasteiger partial charge in [-0.15, -0.1) is 0 Å². The number of nitrogens with zero attached hydrogens (tertiary/aromatic N) is 2. The van der Waals surface area contributed by atoms with E-state index in [1.165, 1.54) is 0 Å². The van der Waals surface area contributed by atoms with Crippen molar-refractivity contribution in [3.8, 4) is 0 Å². The van der Waals surface area contributed by atoms with Crippen molar-refractivity contribution >= 4 is 11.8 Å². The van der Waals surface area contributed by atoms with E-state index >= 15 is 0 Å². The Morgan fingerprint density at radius 3 is 2.53 bits per heavy atom. The first kappa shape index (κ1) is 15.0. The van der Waals surface area contributed by atoms with E-state index in [-0.39, 0.29) is 5.76 Å². The Kier molecular flexibility index (Phi) is 7.19. The van der Waals surface area contributed by atoms with Gasteiger partial charge in [-0.05, 0) is 25.1 Å². The van der Waals surface area contributed by atoms with Gasteiger partial charge in [-0.2, -0.15) is 5.10 Å². The number of hydrogen-bond donors (Lipinski definition) is 1. The Labute approximate surface area is 103 Å². The fourth-order valence-corrected chi connectivity index (χ4v) is 1.13. The summed E-state index contributed by atoms with van der Waals surface area (Å²) in [5.41, 5.74) is 1.53. The molecular formula is C14H20N2O. The molecule has 3 heteroatoms. The quantitative estimate of drug-likeness (QED) is 0.628. The molecule has 92 valence electrons. The van der Waals surface area contributed by atoms with E-state index in [2.05, 4.69) is 18.3 Å². The van der Waals surface area contributed by atoms with Crippen LogP contribution in [0.3, 0.4) is 0 Å². The van der Waals surface area contributed by atoms with Crippen LogP contribution >= 0.6 is 0 Å². The van der Waals surface area contributed by atoms with Gasteiger partial charge >= 0.3 is 0 Å². The predicted molar refractivity (Wildman–Crippen MR) is 74.5 cm³/mol. The van der Waals surface area contributed by atoms with Crippen LogP contribution in [0.5, 0.6) is 0 Å². The van der Waals surface area contributed by atoms with Gasteiger partial charge in [0.2, 0.25) is 0 Å². The Bertz CT molecular complexity index is 421. The first-order valence-electron chi connectivity index (χ1n) is 5.56. The number of aliphatic hydroxyl groups excluding tert-OH is 1. The number of rotatable bonds is 4. The smallest absolute Gasteiger partial charge is 0.0913 e. The minimum atomic E-state index is 0.230. The highest BCUT2D eigenvalue weighted by Gasteiger charge is 1.98. The molecule has 0 atom stereocenters. The molecule has 0 saturated carbocycles. The summed E-state index contributed by atoms with van der Waals surface area (Å²) in [6, 6.07) is 1.81. The normalized spacial score (nSPS) is 11.5. The van der Waals surface area contributed by atoms with Gasteiger partial charge < -0.3 is 5.11 Å². The van der Waals surface area contributed by atoms with Gasteiger partial charge in [-0.1, -0.05) is 33.1 Å². The zero-order valence-electron chi connectivity index (χ0n) is 10.7. The third-order valence-electron chi connectivity index (χ3n) is 1.73. The topological polar surface area (TPSA) is 38.0 Å². The van der Waals surface area contributed by atoms with E-state index in [0.717, 1.165) is 5.70 Å². The lowest BCUT2D eigenvalue weighted by atomic mass is 10.4. The monoisotopic (exact) mass is 232 g/mol. The molecule has 0 bridgehead atoms. The van der Waals surface area contributed by atoms with Gasteiger partial charge in [0.15, 0.2) is 0 Å². The highest BCUT2D eigenvalue weighted by Crippen LogP contribution is 2.08. The molecule has 0 radical (unpaired) electrons. The lowest BCUT2D eigenvalue weighted by Gasteiger charge is -1.99. The fraction of sp³-hybridized carbons (Fsp3) is 0.214. The second-order valence-corrected chi connectivity index (χ2v) is 3.00. The average Bonchev–Trinajstić information content (AvgIpc) is 2.76. The van der Waals surface area contributed by atoms with E-state index in [1.807, 2.05) is 13.8 Å². The van der Waals surface area contributed by atoms with Gasteiger partial charge in [0.25, 0.3) is 0 Å². The van der Waals surface area contributed by atoms with Crippen LogP contribution < -0.4 is 0 Å². The maximum atomic E-state index is 9.08. The second-order valence-electron chi connectivity index (χ2n) is 3.00. The van der Waals surface area contributed by atoms with Gasteiger partial charge in [0.1, 0.15) is 0 Å². The minimum absolute atomic E-state index is 0.230. The molecule has 0 unspecified atom stereocenters. The van der Waals surface area contributed by atoms with Crippen LogP contribution in [0.15, 0.2) is 49.4 Å². The van der Waals surface area contributed by atoms with Crippen LogP contribution in [-0.2, 0) is 0 Å². The molecular weight excluding hydrogens is 212 g/mol. The molecule has 0 aliphatic rings. The lowest BCUT2D eigenvalue weighted by Crippen LogP contribution is -1.94. The van der Waals surface area contributed by atoms with Gasteiger partial charge in [0, 0.05) is 12.3 Å². The SMILES string of the molecule is C=C/C=C(\C=C)n1ccc(/C=C(/C)O)n1.CC. The van der Waals surface area contributed by atoms with Crippen molar-refractivity contribution < 1.29 is 5.11 Å². The predicted octanol–water partition coefficient (Wildman–Crippen LogP) is 4.04. The molecule has 0 fully saturated rings. The lowest BCUT2D eigenvalue weighted by molar-refractivity contribution is 0.419. The molecule has 0 saturated heterocycles. The van der Waals surface area contributed by atoms with Crippen LogP contribution in [-0.4, -0.2) is 14.9 Å². The molecule has 1 heterocycles. The van der Waals surface area contributed by atoms with E-state index in [1.54, 1.807) is 48.2 Å². The standard InChI is InChI=1S/C12H14N2O.C2H6/c1-4-6-12(5-2)14-8-7-11(13-14)9-10(3)15;1-2/h4-9,15H,1-2H2,3H3;1-2H3/b10-9-,12-6+;. The molecule has 3 nitrogen and oxygen atoms in total. The summed E-state index contributed by atoms with van der Waals surface area (Å²) in [5.74, 6) is 0.230. The van der Waals surface area contributed by atoms with Gasteiger partial charge in [-0.25, -0.2) is 4.68 Å². The van der Waals surface area contributed by atoms with E-state index in [9.17, 15) is 0 Å². The average molecular weight is 232 g/mol. The molecule has 1 N–H and O–H groups in total. The maximum absolute atomic E-state index is 9.08. The van der Waals surface area contributed by atoms with Crippen LogP contribution in [0.4, 0.5) is 0 Å². The van der Waals surface area contributed by atoms with Crippen molar-refractivity contribution in [3.05, 3.63) is 55.1 Å². The number of allylic oxidation sites excluding steroid dienone is 5. The number of hydrogen-bond acceptors (Lipinski definition) is 2. The molecule has 17 heavy (non-hydrogen) atoms. The third-order valence-corrected chi connectivity index (χ3v) is 1.73. The maximum Gasteiger partial charge on any atom is 0.0913 e. The first-order valence-corrected chi connectivity index (χ1v) is 5.56. The Morgan fingerprint density at radius 1 is 1.41 bits per heavy atom. The van der Waals surface area contributed by atoms with Crippen LogP contribution in [0, 0.1) is 0 Å². The van der Waals surface area contributed by atoms with Crippen LogP contribution in [0.1, 0.15) is 26.5 Å². The van der Waals surface area contributed by atoms with E-state index < -0.39 is 0 Å². The molecule has 0 aliphatic carbocycles. The van der Waals surface area contributed by atoms with Gasteiger partial charge in [0.05, 0.1) is 17.2 Å². The van der Waals surface area contributed by atoms with Crippen molar-refractivity contribution in [1.82, 2.24) is 9.78 Å². The summed E-state index contributed by atoms with van der Waals surface area (Å²) in [4.78, 5) is 0. The van der Waals surface area contributed by atoms with Crippen molar-refractivity contribution in [2.75, 3.05) is 0 Å². The minimum Gasteiger partial charge on any atom is -0.513 e. The molecule has 0 aromatic carbocycles. The molecule has 0 spiro atoms. The number of aromatic nitrogens is 2. The molecule has 0 amide bonds. The zero-order chi connectivity index (χ0) is 13.3. The Morgan fingerprint density at radius 2 is 2.06 bits per heavy atom. The van der Waals surface area contributed by atoms with Crippen molar-refractivity contribution in [2.24, 2.45) is 0 Å². The summed E-state index contributed by atoms with van der Waals surface area (Å²) >= 11 is 0. The molecule has 1 rings (SSSR count). The summed E-state index contributed by atoms with van der Waals surface area (Å²) in [6.07, 6.45) is 8.55. The van der Waals surface area contributed by atoms with Crippen molar-refractivity contribution in [3.63, 3.8) is 0 Å². The summed E-state index contributed by atoms with van der Waals surface area (Å²) < 4.78 is 1.67. The van der Waals surface area contributed by atoms with Crippen molar-refractivity contribution in [2.45, 2.75) is 20.8 Å². The molecule has 1 aromatic rings. The summed E-state index contributed by atoms with van der Waals surface area (Å²) in [5, 5.41) is 13.3. The Balaban J connectivity index is 0.00000121. The second kappa shape index (κ2) is 8.16. The Hall–Kier alpha value is -2.03. The number of aliphatic hydroxyl groups is 1. The zero-order valence-corrected chi connectivity index (χ0v) is 10.7. The highest BCUT2D eigenvalue weighted by molar-refractivity contribution is 5.58. The van der Waals surface area contributed by atoms with E-state index in [4.69, 9.17) is 5.11 Å². The molecule has 0 aliphatic heterocycles. The van der Waals surface area contributed by atoms with Crippen LogP contribution in [0.2, 0.25) is 0 Å². The largest absolute Gasteiger partial charge is 0.513 e. The van der Waals surface area contributed by atoms with Gasteiger partial charge in [-0.3, -0.25) is 0 Å². The molecule has 1 aromatic heterocycles. The van der Waals surface area contributed by atoms with Crippen LogP contribution in [0.25, 0.3) is 11.8 Å². The summed E-state index contributed by atoms with van der Waals surface area (Å²) in [6.45, 7) is 12.9. The fourth-order valence-electron chi connectivity index (χ4n) is 1.13. The highest BCUT2D eigenvalue weighted by atomic mass is 16.3. The first-order chi connectivity index (χ1) is 8.17. The third kappa shape index (κ3) is 5.02. The summed E-state index contributed by atoms with van der Waals surface area (Å²) in [7, 11) is 0. The van der Waals surface area contributed by atoms with Crippen molar-refractivity contribution in [1.29, 1.82) is 0 Å².